The average molecular weight is 419 g/mol. The Labute approximate surface area is 174 Å². The first-order valence-electron chi connectivity index (χ1n) is 9.11. The Balaban J connectivity index is 1.76. The minimum absolute atomic E-state index is 0.270. The third kappa shape index (κ3) is 7.12. The summed E-state index contributed by atoms with van der Waals surface area (Å²) >= 11 is 5.84. The molecule has 0 saturated carbocycles. The molecule has 8 heteroatoms. The summed E-state index contributed by atoms with van der Waals surface area (Å²) in [5.74, 6) is -1.21. The van der Waals surface area contributed by atoms with Crippen molar-refractivity contribution in [3.8, 4) is 5.75 Å². The number of esters is 1. The second-order valence-corrected chi connectivity index (χ2v) is 6.55. The molecule has 2 aromatic rings. The van der Waals surface area contributed by atoms with Crippen molar-refractivity contribution in [3.63, 3.8) is 0 Å². The van der Waals surface area contributed by atoms with Crippen LogP contribution in [0.2, 0.25) is 5.02 Å². The first-order chi connectivity index (χ1) is 13.9. The molecule has 0 bridgehead atoms. The van der Waals surface area contributed by atoms with Gasteiger partial charge in [0.2, 0.25) is 0 Å². The van der Waals surface area contributed by atoms with Crippen molar-refractivity contribution in [2.45, 2.75) is 19.9 Å². The summed E-state index contributed by atoms with van der Waals surface area (Å²) in [4.78, 5) is 36.0. The predicted molar refractivity (Wildman–Crippen MR) is 109 cm³/mol. The Morgan fingerprint density at radius 3 is 2.45 bits per heavy atom. The van der Waals surface area contributed by atoms with E-state index < -0.39 is 24.4 Å². The number of benzene rings is 2. The van der Waals surface area contributed by atoms with E-state index >= 15 is 0 Å². The summed E-state index contributed by atoms with van der Waals surface area (Å²) in [6.07, 6.45) is 0. The van der Waals surface area contributed by atoms with Crippen LogP contribution in [0.15, 0.2) is 48.5 Å². The fraction of sp³-hybridized carbons (Fsp3) is 0.286. The summed E-state index contributed by atoms with van der Waals surface area (Å²) in [5.41, 5.74) is 1.19. The highest BCUT2D eigenvalue weighted by Gasteiger charge is 2.15. The van der Waals surface area contributed by atoms with Gasteiger partial charge in [-0.05, 0) is 43.7 Å². The number of hydrogen-bond donors (Lipinski definition) is 2. The number of ether oxygens (including phenoxy) is 2. The molecule has 0 aliphatic carbocycles. The molecule has 2 rings (SSSR count). The van der Waals surface area contributed by atoms with Gasteiger partial charge in [-0.15, -0.1) is 0 Å². The van der Waals surface area contributed by atoms with Gasteiger partial charge in [-0.1, -0.05) is 35.9 Å². The van der Waals surface area contributed by atoms with Gasteiger partial charge >= 0.3 is 5.97 Å². The van der Waals surface area contributed by atoms with Crippen LogP contribution in [-0.4, -0.2) is 37.5 Å². The lowest BCUT2D eigenvalue weighted by Crippen LogP contribution is -2.34. The largest absolute Gasteiger partial charge is 0.493 e. The first kappa shape index (κ1) is 22.2. The summed E-state index contributed by atoms with van der Waals surface area (Å²) in [5, 5.41) is 5.78. The van der Waals surface area contributed by atoms with Crippen molar-refractivity contribution in [1.29, 1.82) is 0 Å². The average Bonchev–Trinajstić information content (AvgIpc) is 2.71. The van der Waals surface area contributed by atoms with Crippen LogP contribution in [0.3, 0.4) is 0 Å². The Kier molecular flexibility index (Phi) is 8.48. The summed E-state index contributed by atoms with van der Waals surface area (Å²) in [6, 6.07) is 13.5. The maximum atomic E-state index is 12.2. The van der Waals surface area contributed by atoms with Crippen LogP contribution >= 0.6 is 11.6 Å². The Hall–Kier alpha value is -3.06. The van der Waals surface area contributed by atoms with Gasteiger partial charge in [0, 0.05) is 5.02 Å². The van der Waals surface area contributed by atoms with E-state index in [1.165, 1.54) is 0 Å². The highest BCUT2D eigenvalue weighted by Crippen LogP contribution is 2.17. The zero-order chi connectivity index (χ0) is 21.2. The van der Waals surface area contributed by atoms with E-state index in [0.717, 1.165) is 5.56 Å². The molecule has 0 spiro atoms. The van der Waals surface area contributed by atoms with Crippen molar-refractivity contribution in [1.82, 2.24) is 10.6 Å². The molecule has 2 aromatic carbocycles. The SMILES string of the molecule is CCOc1ccccc1C(=O)NCC(=O)OCC(=O)N[C@@H](C)c1ccc(Cl)cc1. The van der Waals surface area contributed by atoms with E-state index in [1.807, 2.05) is 6.92 Å². The number of nitrogens with one attached hydrogen (secondary N) is 2. The first-order valence-corrected chi connectivity index (χ1v) is 9.49. The zero-order valence-electron chi connectivity index (χ0n) is 16.2. The number of carbonyl (C=O) groups is 3. The van der Waals surface area contributed by atoms with Crippen LogP contribution in [0.5, 0.6) is 5.75 Å². The molecule has 0 aliphatic rings. The second kappa shape index (κ2) is 11.1. The number of amides is 2. The van der Waals surface area contributed by atoms with Gasteiger partial charge in [0.25, 0.3) is 11.8 Å². The molecule has 0 fully saturated rings. The van der Waals surface area contributed by atoms with Crippen molar-refractivity contribution in [2.24, 2.45) is 0 Å². The number of halogens is 1. The van der Waals surface area contributed by atoms with E-state index in [1.54, 1.807) is 55.5 Å². The van der Waals surface area contributed by atoms with Gasteiger partial charge in [0.15, 0.2) is 6.61 Å². The van der Waals surface area contributed by atoms with Crippen LogP contribution in [0, 0.1) is 0 Å². The standard InChI is InChI=1S/C21H23ClN2O5/c1-3-28-18-7-5-4-6-17(18)21(27)23-12-20(26)29-13-19(25)24-14(2)15-8-10-16(22)11-9-15/h4-11,14H,3,12-13H2,1-2H3,(H,23,27)(H,24,25)/t14-/m0/s1. The highest BCUT2D eigenvalue weighted by molar-refractivity contribution is 6.30. The van der Waals surface area contributed by atoms with Gasteiger partial charge < -0.3 is 20.1 Å². The maximum absolute atomic E-state index is 12.2. The topological polar surface area (TPSA) is 93.7 Å². The number of rotatable bonds is 9. The number of carbonyl (C=O) groups excluding carboxylic acids is 3. The second-order valence-electron chi connectivity index (χ2n) is 6.11. The normalized spacial score (nSPS) is 11.3. The molecule has 0 aromatic heterocycles. The van der Waals surface area contributed by atoms with E-state index in [4.69, 9.17) is 21.1 Å². The van der Waals surface area contributed by atoms with Crippen LogP contribution in [0.25, 0.3) is 0 Å². The van der Waals surface area contributed by atoms with Gasteiger partial charge in [-0.3, -0.25) is 14.4 Å². The quantitative estimate of drug-likeness (QED) is 0.611. The van der Waals surface area contributed by atoms with Crippen LogP contribution in [0.4, 0.5) is 0 Å². The molecule has 1 atom stereocenters. The molecule has 2 amide bonds. The van der Waals surface area contributed by atoms with E-state index in [-0.39, 0.29) is 12.6 Å². The molecule has 0 saturated heterocycles. The summed E-state index contributed by atoms with van der Waals surface area (Å²) < 4.78 is 10.3. The van der Waals surface area contributed by atoms with Crippen LogP contribution in [-0.2, 0) is 14.3 Å². The smallest absolute Gasteiger partial charge is 0.325 e. The van der Waals surface area contributed by atoms with Crippen molar-refractivity contribution in [3.05, 3.63) is 64.7 Å². The lowest BCUT2D eigenvalue weighted by molar-refractivity contribution is -0.147. The van der Waals surface area contributed by atoms with E-state index in [2.05, 4.69) is 10.6 Å². The lowest BCUT2D eigenvalue weighted by atomic mass is 10.1. The third-order valence-corrected chi connectivity index (χ3v) is 4.19. The Morgan fingerprint density at radius 2 is 1.76 bits per heavy atom. The van der Waals surface area contributed by atoms with Gasteiger partial charge in [-0.2, -0.15) is 0 Å². The van der Waals surface area contributed by atoms with E-state index in [0.29, 0.717) is 22.9 Å². The van der Waals surface area contributed by atoms with Crippen molar-refractivity contribution < 1.29 is 23.9 Å². The van der Waals surface area contributed by atoms with Gasteiger partial charge in [-0.25, -0.2) is 0 Å². The monoisotopic (exact) mass is 418 g/mol. The molecular formula is C21H23ClN2O5. The fourth-order valence-electron chi connectivity index (χ4n) is 2.50. The lowest BCUT2D eigenvalue weighted by Gasteiger charge is -2.14. The summed E-state index contributed by atoms with van der Waals surface area (Å²) in [6.45, 7) is 3.22. The summed E-state index contributed by atoms with van der Waals surface area (Å²) in [7, 11) is 0. The molecular weight excluding hydrogens is 396 g/mol. The molecule has 154 valence electrons. The van der Waals surface area contributed by atoms with Crippen LogP contribution < -0.4 is 15.4 Å². The molecule has 2 N–H and O–H groups in total. The molecule has 29 heavy (non-hydrogen) atoms. The third-order valence-electron chi connectivity index (χ3n) is 3.94. The van der Waals surface area contributed by atoms with Gasteiger partial charge in [0.1, 0.15) is 12.3 Å². The fourth-order valence-corrected chi connectivity index (χ4v) is 2.62. The molecule has 0 aliphatic heterocycles. The minimum Gasteiger partial charge on any atom is -0.493 e. The van der Waals surface area contributed by atoms with Crippen LogP contribution in [0.1, 0.15) is 35.8 Å². The Morgan fingerprint density at radius 1 is 1.07 bits per heavy atom. The maximum Gasteiger partial charge on any atom is 0.325 e. The van der Waals surface area contributed by atoms with Crippen molar-refractivity contribution >= 4 is 29.4 Å². The Bertz CT molecular complexity index is 854. The number of hydrogen-bond acceptors (Lipinski definition) is 5. The molecule has 7 nitrogen and oxygen atoms in total. The highest BCUT2D eigenvalue weighted by atomic mass is 35.5. The molecule has 0 heterocycles. The molecule has 0 radical (unpaired) electrons. The van der Waals surface area contributed by atoms with E-state index in [9.17, 15) is 14.4 Å². The zero-order valence-corrected chi connectivity index (χ0v) is 17.0. The minimum atomic E-state index is -0.721. The van der Waals surface area contributed by atoms with Crippen molar-refractivity contribution in [2.75, 3.05) is 19.8 Å². The van der Waals surface area contributed by atoms with Gasteiger partial charge in [0.05, 0.1) is 18.2 Å². The predicted octanol–water partition coefficient (Wildman–Crippen LogP) is 2.89. The number of para-hydroxylation sites is 1. The molecule has 0 unspecified atom stereocenters.